The highest BCUT2D eigenvalue weighted by Crippen LogP contribution is 2.33. The molecule has 23 heavy (non-hydrogen) atoms. The molecule has 0 bridgehead atoms. The molecule has 0 spiro atoms. The van der Waals surface area contributed by atoms with Gasteiger partial charge in [0.25, 0.3) is 5.91 Å². The van der Waals surface area contributed by atoms with Crippen LogP contribution in [0, 0.1) is 5.92 Å². The number of carbonyl (C=O) groups is 2. The quantitative estimate of drug-likeness (QED) is 0.932. The van der Waals surface area contributed by atoms with Gasteiger partial charge in [-0.05, 0) is 44.6 Å². The molecule has 1 unspecified atom stereocenters. The van der Waals surface area contributed by atoms with Crippen LogP contribution in [0.2, 0.25) is 0 Å². The number of nitrogens with zero attached hydrogens (tertiary/aromatic N) is 1. The van der Waals surface area contributed by atoms with Crippen molar-refractivity contribution in [1.29, 1.82) is 0 Å². The Kier molecular flexibility index (Phi) is 4.24. The zero-order valence-electron chi connectivity index (χ0n) is 13.8. The monoisotopic (exact) mass is 312 g/mol. The predicted molar refractivity (Wildman–Crippen MR) is 90.7 cm³/mol. The van der Waals surface area contributed by atoms with E-state index in [4.69, 9.17) is 0 Å². The highest BCUT2D eigenvalue weighted by atomic mass is 16.2. The van der Waals surface area contributed by atoms with Crippen molar-refractivity contribution in [2.75, 3.05) is 0 Å². The van der Waals surface area contributed by atoms with Crippen LogP contribution in [0.5, 0.6) is 0 Å². The van der Waals surface area contributed by atoms with Crippen molar-refractivity contribution in [1.82, 2.24) is 10.2 Å². The summed E-state index contributed by atoms with van der Waals surface area (Å²) in [5, 5.41) is 3.11. The number of hydrogen-bond acceptors (Lipinski definition) is 2. The summed E-state index contributed by atoms with van der Waals surface area (Å²) in [6, 6.07) is 7.07. The van der Waals surface area contributed by atoms with E-state index in [2.05, 4.69) is 18.8 Å². The lowest BCUT2D eigenvalue weighted by molar-refractivity contribution is -0.125. The summed E-state index contributed by atoms with van der Waals surface area (Å²) >= 11 is 0. The Hall–Kier alpha value is -2.10. The maximum Gasteiger partial charge on any atom is 0.259 e. The van der Waals surface area contributed by atoms with Crippen molar-refractivity contribution in [3.05, 3.63) is 42.0 Å². The molecule has 1 N–H and O–H groups in total. The first-order chi connectivity index (χ1) is 11.0. The fourth-order valence-corrected chi connectivity index (χ4v) is 3.56. The van der Waals surface area contributed by atoms with E-state index in [0.717, 1.165) is 37.2 Å². The summed E-state index contributed by atoms with van der Waals surface area (Å²) in [6.45, 7) is 8.04. The normalized spacial score (nSPS) is 25.2. The van der Waals surface area contributed by atoms with Gasteiger partial charge in [-0.3, -0.25) is 14.5 Å². The summed E-state index contributed by atoms with van der Waals surface area (Å²) in [6.07, 6.45) is 4.35. The second-order valence-corrected chi connectivity index (χ2v) is 6.81. The molecule has 1 atom stereocenters. The minimum Gasteiger partial charge on any atom is -0.352 e. The van der Waals surface area contributed by atoms with E-state index >= 15 is 0 Å². The molecular formula is C19H24N2O2. The third-order valence-electron chi connectivity index (χ3n) is 5.11. The highest BCUT2D eigenvalue weighted by molar-refractivity contribution is 6.10. The molecule has 122 valence electrons. The van der Waals surface area contributed by atoms with Crippen molar-refractivity contribution in [2.24, 2.45) is 5.92 Å². The van der Waals surface area contributed by atoms with Crippen LogP contribution in [-0.2, 0) is 4.79 Å². The number of hydrogen-bond donors (Lipinski definition) is 1. The van der Waals surface area contributed by atoms with Crippen molar-refractivity contribution in [2.45, 2.75) is 51.6 Å². The second-order valence-electron chi connectivity index (χ2n) is 6.81. The molecule has 1 heterocycles. The largest absolute Gasteiger partial charge is 0.352 e. The van der Waals surface area contributed by atoms with Crippen LogP contribution in [0.1, 0.15) is 55.5 Å². The Morgan fingerprint density at radius 2 is 1.83 bits per heavy atom. The number of amides is 2. The molecule has 1 fully saturated rings. The van der Waals surface area contributed by atoms with E-state index in [1.165, 1.54) is 4.90 Å². The number of nitrogens with one attached hydrogen (secondary N) is 1. The Morgan fingerprint density at radius 1 is 1.22 bits per heavy atom. The Morgan fingerprint density at radius 3 is 2.43 bits per heavy atom. The topological polar surface area (TPSA) is 49.4 Å². The number of rotatable bonds is 3. The van der Waals surface area contributed by atoms with Gasteiger partial charge in [0.1, 0.15) is 6.04 Å². The first kappa shape index (κ1) is 15.8. The Balaban J connectivity index is 1.69. The molecule has 2 amide bonds. The molecule has 1 aliphatic heterocycles. The van der Waals surface area contributed by atoms with Gasteiger partial charge in [-0.25, -0.2) is 0 Å². The van der Waals surface area contributed by atoms with Gasteiger partial charge < -0.3 is 5.32 Å². The van der Waals surface area contributed by atoms with Crippen LogP contribution in [-0.4, -0.2) is 28.8 Å². The van der Waals surface area contributed by atoms with E-state index in [1.54, 1.807) is 13.0 Å². The van der Waals surface area contributed by atoms with Crippen molar-refractivity contribution >= 4 is 17.5 Å². The van der Waals surface area contributed by atoms with E-state index in [-0.39, 0.29) is 17.9 Å². The number of fused-ring (bicyclic) bond motifs is 1. The third kappa shape index (κ3) is 2.90. The molecule has 1 aliphatic carbocycles. The van der Waals surface area contributed by atoms with Crippen LogP contribution in [0.25, 0.3) is 5.70 Å². The van der Waals surface area contributed by atoms with Crippen molar-refractivity contribution in [3.8, 4) is 0 Å². The van der Waals surface area contributed by atoms with Gasteiger partial charge in [-0.1, -0.05) is 31.7 Å². The van der Waals surface area contributed by atoms with Crippen LogP contribution >= 0.6 is 0 Å². The first-order valence-corrected chi connectivity index (χ1v) is 8.41. The average molecular weight is 312 g/mol. The van der Waals surface area contributed by atoms with Gasteiger partial charge in [0, 0.05) is 22.9 Å². The zero-order chi connectivity index (χ0) is 16.6. The summed E-state index contributed by atoms with van der Waals surface area (Å²) in [7, 11) is 0. The molecule has 0 aromatic heterocycles. The van der Waals surface area contributed by atoms with Gasteiger partial charge in [-0.2, -0.15) is 0 Å². The van der Waals surface area contributed by atoms with E-state index in [9.17, 15) is 9.59 Å². The SMILES string of the molecule is C=C1c2ccccc2C(=O)N1C(C)C(=O)NC1CCC(C)CC1. The molecule has 3 rings (SSSR count). The maximum atomic E-state index is 12.6. The maximum absolute atomic E-state index is 12.6. The Bertz CT molecular complexity index is 610. The molecule has 1 aromatic carbocycles. The molecule has 0 saturated heterocycles. The van der Waals surface area contributed by atoms with Crippen LogP contribution in [0.15, 0.2) is 30.8 Å². The van der Waals surface area contributed by atoms with Crippen LogP contribution < -0.4 is 5.32 Å². The van der Waals surface area contributed by atoms with Crippen molar-refractivity contribution in [3.63, 3.8) is 0 Å². The number of benzene rings is 1. The summed E-state index contributed by atoms with van der Waals surface area (Å²) in [5.74, 6) is 0.521. The number of carbonyl (C=O) groups excluding carboxylic acids is 2. The van der Waals surface area contributed by atoms with Crippen LogP contribution in [0.4, 0.5) is 0 Å². The molecule has 4 heteroatoms. The predicted octanol–water partition coefficient (Wildman–Crippen LogP) is 3.20. The lowest BCUT2D eigenvalue weighted by Gasteiger charge is -2.30. The molecule has 2 aliphatic rings. The molecule has 4 nitrogen and oxygen atoms in total. The first-order valence-electron chi connectivity index (χ1n) is 8.41. The van der Waals surface area contributed by atoms with Gasteiger partial charge in [0.05, 0.1) is 0 Å². The molecular weight excluding hydrogens is 288 g/mol. The van der Waals surface area contributed by atoms with Gasteiger partial charge >= 0.3 is 0 Å². The molecule has 1 saturated carbocycles. The minimum absolute atomic E-state index is 0.0909. The van der Waals surface area contributed by atoms with E-state index in [0.29, 0.717) is 11.3 Å². The smallest absolute Gasteiger partial charge is 0.259 e. The Labute approximate surface area is 137 Å². The summed E-state index contributed by atoms with van der Waals surface area (Å²) in [4.78, 5) is 26.7. The fourth-order valence-electron chi connectivity index (χ4n) is 3.56. The molecule has 1 aromatic rings. The standard InChI is InChI=1S/C19H24N2O2/c1-12-8-10-15(11-9-12)20-18(22)14(3)21-13(2)16-6-4-5-7-17(16)19(21)23/h4-7,12,14-15H,2,8-11H2,1,3H3,(H,20,22). The lowest BCUT2D eigenvalue weighted by Crippen LogP contribution is -2.48. The van der Waals surface area contributed by atoms with Gasteiger partial charge in [0.2, 0.25) is 5.91 Å². The van der Waals surface area contributed by atoms with Crippen LogP contribution in [0.3, 0.4) is 0 Å². The van der Waals surface area contributed by atoms with Gasteiger partial charge in [0.15, 0.2) is 0 Å². The zero-order valence-corrected chi connectivity index (χ0v) is 13.8. The fraction of sp³-hybridized carbons (Fsp3) is 0.474. The highest BCUT2D eigenvalue weighted by Gasteiger charge is 2.37. The van der Waals surface area contributed by atoms with Gasteiger partial charge in [-0.15, -0.1) is 0 Å². The summed E-state index contributed by atoms with van der Waals surface area (Å²) < 4.78 is 0. The van der Waals surface area contributed by atoms with E-state index in [1.807, 2.05) is 18.2 Å². The summed E-state index contributed by atoms with van der Waals surface area (Å²) in [5.41, 5.74) is 2.07. The molecule has 0 radical (unpaired) electrons. The van der Waals surface area contributed by atoms with Crippen molar-refractivity contribution < 1.29 is 9.59 Å². The second kappa shape index (κ2) is 6.19. The lowest BCUT2D eigenvalue weighted by atomic mass is 9.87. The third-order valence-corrected chi connectivity index (χ3v) is 5.11. The van der Waals surface area contributed by atoms with E-state index < -0.39 is 6.04 Å². The average Bonchev–Trinajstić information content (AvgIpc) is 2.81. The minimum atomic E-state index is -0.540.